The highest BCUT2D eigenvalue weighted by Gasteiger charge is 2.35. The van der Waals surface area contributed by atoms with Crippen LogP contribution in [0.15, 0.2) is 22.7 Å². The lowest BCUT2D eigenvalue weighted by atomic mass is 9.99. The third-order valence-corrected chi connectivity index (χ3v) is 4.95. The molecular weight excluding hydrogens is 324 g/mol. The van der Waals surface area contributed by atoms with Crippen molar-refractivity contribution in [3.05, 3.63) is 33.8 Å². The fourth-order valence-electron chi connectivity index (χ4n) is 2.12. The molecule has 1 atom stereocenters. The first-order valence-corrected chi connectivity index (χ1v) is 8.04. The van der Waals surface area contributed by atoms with Gasteiger partial charge in [0.15, 0.2) is 0 Å². The average Bonchev–Trinajstić information content (AvgIpc) is 2.82. The van der Waals surface area contributed by atoms with Crippen molar-refractivity contribution in [1.29, 1.82) is 5.26 Å². The number of hydrogen-bond acceptors (Lipinski definition) is 3. The summed E-state index contributed by atoms with van der Waals surface area (Å²) < 4.78 is 1.01. The first kappa shape index (κ1) is 14.4. The second-order valence-electron chi connectivity index (χ2n) is 4.79. The number of benzene rings is 1. The van der Waals surface area contributed by atoms with Gasteiger partial charge in [0.05, 0.1) is 12.5 Å². The molecule has 100 valence electrons. The average molecular weight is 339 g/mol. The molecule has 1 saturated heterocycles. The van der Waals surface area contributed by atoms with E-state index >= 15 is 0 Å². The largest absolute Gasteiger partial charge is 0.337 e. The van der Waals surface area contributed by atoms with Crippen molar-refractivity contribution in [3.8, 4) is 6.07 Å². The number of nitrogens with one attached hydrogen (secondary N) is 1. The van der Waals surface area contributed by atoms with Gasteiger partial charge in [0.1, 0.15) is 5.54 Å². The summed E-state index contributed by atoms with van der Waals surface area (Å²) in [5.41, 5.74) is 1.42. The first-order chi connectivity index (χ1) is 9.04. The Kier molecular flexibility index (Phi) is 4.54. The van der Waals surface area contributed by atoms with E-state index in [-0.39, 0.29) is 5.91 Å². The quantitative estimate of drug-likeness (QED) is 0.921. The van der Waals surface area contributed by atoms with Gasteiger partial charge in [-0.2, -0.15) is 17.0 Å². The third kappa shape index (κ3) is 3.52. The van der Waals surface area contributed by atoms with Crippen LogP contribution in [-0.4, -0.2) is 23.0 Å². The monoisotopic (exact) mass is 338 g/mol. The van der Waals surface area contributed by atoms with Crippen LogP contribution < -0.4 is 5.32 Å². The van der Waals surface area contributed by atoms with Gasteiger partial charge in [-0.15, -0.1) is 0 Å². The molecule has 2 rings (SSSR count). The van der Waals surface area contributed by atoms with Crippen LogP contribution in [-0.2, 0) is 11.2 Å². The highest BCUT2D eigenvalue weighted by Crippen LogP contribution is 2.27. The lowest BCUT2D eigenvalue weighted by molar-refractivity contribution is -0.121. The Morgan fingerprint density at radius 3 is 3.00 bits per heavy atom. The molecule has 1 aromatic rings. The number of thioether (sulfide) groups is 1. The van der Waals surface area contributed by atoms with Crippen LogP contribution in [0.25, 0.3) is 0 Å². The zero-order valence-electron chi connectivity index (χ0n) is 10.7. The molecule has 5 heteroatoms. The molecular formula is C14H15BrN2OS. The van der Waals surface area contributed by atoms with E-state index in [4.69, 9.17) is 0 Å². The van der Waals surface area contributed by atoms with E-state index in [1.165, 1.54) is 0 Å². The molecule has 0 radical (unpaired) electrons. The van der Waals surface area contributed by atoms with Crippen LogP contribution in [0.1, 0.15) is 17.5 Å². The maximum atomic E-state index is 12.1. The first-order valence-electron chi connectivity index (χ1n) is 6.10. The van der Waals surface area contributed by atoms with Crippen LogP contribution >= 0.6 is 27.7 Å². The number of nitrogens with zero attached hydrogens (tertiary/aromatic N) is 1. The highest BCUT2D eigenvalue weighted by molar-refractivity contribution is 9.10. The normalized spacial score (nSPS) is 21.9. The summed E-state index contributed by atoms with van der Waals surface area (Å²) in [7, 11) is 0. The van der Waals surface area contributed by atoms with Crippen molar-refractivity contribution < 1.29 is 4.79 Å². The molecule has 1 heterocycles. The Balaban J connectivity index is 2.03. The van der Waals surface area contributed by atoms with Crippen molar-refractivity contribution >= 4 is 33.6 Å². The zero-order chi connectivity index (χ0) is 13.9. The number of nitriles is 1. The second-order valence-corrected chi connectivity index (χ2v) is 6.81. The minimum Gasteiger partial charge on any atom is -0.337 e. The van der Waals surface area contributed by atoms with Gasteiger partial charge in [0, 0.05) is 10.2 Å². The number of aryl methyl sites for hydroxylation is 1. The Morgan fingerprint density at radius 2 is 2.42 bits per heavy atom. The third-order valence-electron chi connectivity index (χ3n) is 3.27. The SMILES string of the molecule is Cc1cc(Br)ccc1CC(=O)NC1(C#N)CCSC1. The molecule has 1 aromatic carbocycles. The number of amides is 1. The molecule has 19 heavy (non-hydrogen) atoms. The predicted molar refractivity (Wildman–Crippen MR) is 81.0 cm³/mol. The van der Waals surface area contributed by atoms with Gasteiger partial charge < -0.3 is 5.32 Å². The van der Waals surface area contributed by atoms with Gasteiger partial charge in [-0.1, -0.05) is 22.0 Å². The number of carbonyl (C=O) groups is 1. The number of carbonyl (C=O) groups excluding carboxylic acids is 1. The number of rotatable bonds is 3. The van der Waals surface area contributed by atoms with Crippen molar-refractivity contribution in [2.75, 3.05) is 11.5 Å². The number of halogens is 1. The molecule has 0 bridgehead atoms. The van der Waals surface area contributed by atoms with Crippen LogP contribution in [0.3, 0.4) is 0 Å². The maximum absolute atomic E-state index is 12.1. The summed E-state index contributed by atoms with van der Waals surface area (Å²) in [6, 6.07) is 8.13. The van der Waals surface area contributed by atoms with Gasteiger partial charge in [-0.05, 0) is 42.4 Å². The Hall–Kier alpha value is -0.990. The second kappa shape index (κ2) is 5.98. The summed E-state index contributed by atoms with van der Waals surface area (Å²) in [6.07, 6.45) is 1.06. The zero-order valence-corrected chi connectivity index (χ0v) is 13.1. The van der Waals surface area contributed by atoms with E-state index < -0.39 is 5.54 Å². The molecule has 1 aliphatic rings. The van der Waals surface area contributed by atoms with Gasteiger partial charge >= 0.3 is 0 Å². The van der Waals surface area contributed by atoms with E-state index in [9.17, 15) is 10.1 Å². The molecule has 1 fully saturated rings. The van der Waals surface area contributed by atoms with E-state index in [1.807, 2.05) is 25.1 Å². The van der Waals surface area contributed by atoms with Gasteiger partial charge in [-0.25, -0.2) is 0 Å². The molecule has 1 amide bonds. The fourth-order valence-corrected chi connectivity index (χ4v) is 3.86. The summed E-state index contributed by atoms with van der Waals surface area (Å²) in [6.45, 7) is 1.98. The number of hydrogen-bond donors (Lipinski definition) is 1. The molecule has 0 saturated carbocycles. The molecule has 0 aliphatic carbocycles. The summed E-state index contributed by atoms with van der Waals surface area (Å²) in [5, 5.41) is 12.1. The smallest absolute Gasteiger partial charge is 0.225 e. The minimum absolute atomic E-state index is 0.0746. The van der Waals surface area contributed by atoms with Gasteiger partial charge in [-0.3, -0.25) is 4.79 Å². The molecule has 0 aromatic heterocycles. The van der Waals surface area contributed by atoms with Crippen LogP contribution in [0.5, 0.6) is 0 Å². The lowest BCUT2D eigenvalue weighted by Crippen LogP contribution is -2.48. The Morgan fingerprint density at radius 1 is 1.63 bits per heavy atom. The Bertz CT molecular complexity index is 533. The van der Waals surface area contributed by atoms with E-state index in [0.717, 1.165) is 27.8 Å². The van der Waals surface area contributed by atoms with Crippen molar-refractivity contribution in [1.82, 2.24) is 5.32 Å². The van der Waals surface area contributed by atoms with Crippen LogP contribution in [0.4, 0.5) is 0 Å². The van der Waals surface area contributed by atoms with Crippen LogP contribution in [0, 0.1) is 18.3 Å². The van der Waals surface area contributed by atoms with Crippen molar-refractivity contribution in [2.24, 2.45) is 0 Å². The predicted octanol–water partition coefficient (Wildman–Crippen LogP) is 2.82. The minimum atomic E-state index is -0.662. The fraction of sp³-hybridized carbons (Fsp3) is 0.429. The molecule has 1 aliphatic heterocycles. The van der Waals surface area contributed by atoms with E-state index in [0.29, 0.717) is 12.2 Å². The van der Waals surface area contributed by atoms with Crippen molar-refractivity contribution in [2.45, 2.75) is 25.3 Å². The van der Waals surface area contributed by atoms with E-state index in [2.05, 4.69) is 27.3 Å². The summed E-state index contributed by atoms with van der Waals surface area (Å²) in [5.74, 6) is 1.55. The van der Waals surface area contributed by atoms with E-state index in [1.54, 1.807) is 11.8 Å². The molecule has 1 N–H and O–H groups in total. The topological polar surface area (TPSA) is 52.9 Å². The summed E-state index contributed by atoms with van der Waals surface area (Å²) in [4.78, 5) is 12.1. The van der Waals surface area contributed by atoms with Crippen LogP contribution in [0.2, 0.25) is 0 Å². The van der Waals surface area contributed by atoms with Gasteiger partial charge in [0.2, 0.25) is 5.91 Å². The molecule has 1 unspecified atom stereocenters. The van der Waals surface area contributed by atoms with Crippen molar-refractivity contribution in [3.63, 3.8) is 0 Å². The molecule has 0 spiro atoms. The lowest BCUT2D eigenvalue weighted by Gasteiger charge is -2.21. The molecule has 3 nitrogen and oxygen atoms in total. The van der Waals surface area contributed by atoms with Gasteiger partial charge in [0.25, 0.3) is 0 Å². The summed E-state index contributed by atoms with van der Waals surface area (Å²) >= 11 is 5.12. The highest BCUT2D eigenvalue weighted by atomic mass is 79.9. The standard InChI is InChI=1S/C14H15BrN2OS/c1-10-6-12(15)3-2-11(10)7-13(18)17-14(8-16)4-5-19-9-14/h2-3,6H,4-5,7,9H2,1H3,(H,17,18). The maximum Gasteiger partial charge on any atom is 0.225 e. The Labute approximate surface area is 125 Å².